The molecule has 1 heterocycles. The van der Waals surface area contributed by atoms with Gasteiger partial charge >= 0.3 is 0 Å². The van der Waals surface area contributed by atoms with Crippen molar-refractivity contribution >= 4 is 29.2 Å². The number of fused-ring (bicyclic) bond motifs is 1. The van der Waals surface area contributed by atoms with Crippen LogP contribution in [0.1, 0.15) is 31.1 Å². The van der Waals surface area contributed by atoms with Crippen molar-refractivity contribution < 1.29 is 19.2 Å². The third kappa shape index (κ3) is 2.26. The number of amides is 3. The number of benzene rings is 2. The lowest BCUT2D eigenvalue weighted by atomic mass is 9.96. The molecule has 0 saturated heterocycles. The van der Waals surface area contributed by atoms with E-state index in [1.807, 2.05) is 5.32 Å². The molecule has 0 aliphatic carbocycles. The van der Waals surface area contributed by atoms with Crippen molar-refractivity contribution in [1.29, 1.82) is 0 Å². The molecule has 6 heteroatoms. The molecule has 3 rings (SSSR count). The molecule has 0 atom stereocenters. The first-order valence-electron chi connectivity index (χ1n) is 6.47. The van der Waals surface area contributed by atoms with Gasteiger partial charge in [0, 0.05) is 5.56 Å². The van der Waals surface area contributed by atoms with Gasteiger partial charge in [-0.2, -0.15) is 0 Å². The number of imide groups is 1. The van der Waals surface area contributed by atoms with E-state index in [1.165, 1.54) is 18.2 Å². The van der Waals surface area contributed by atoms with Gasteiger partial charge in [0.25, 0.3) is 23.5 Å². The molecule has 1 aliphatic rings. The van der Waals surface area contributed by atoms with Gasteiger partial charge in [0.1, 0.15) is 0 Å². The van der Waals surface area contributed by atoms with E-state index < -0.39 is 23.5 Å². The van der Waals surface area contributed by atoms with Crippen molar-refractivity contribution in [1.82, 2.24) is 5.32 Å². The van der Waals surface area contributed by atoms with Crippen LogP contribution in [0, 0.1) is 0 Å². The van der Waals surface area contributed by atoms with Crippen molar-refractivity contribution in [2.45, 2.75) is 0 Å². The maximum Gasteiger partial charge on any atom is 0.299 e. The van der Waals surface area contributed by atoms with E-state index in [1.54, 1.807) is 30.3 Å². The molecular formula is C16H10N2O4. The smallest absolute Gasteiger partial charge is 0.299 e. The van der Waals surface area contributed by atoms with Crippen LogP contribution in [0.25, 0.3) is 0 Å². The van der Waals surface area contributed by atoms with E-state index in [2.05, 4.69) is 5.32 Å². The first-order chi connectivity index (χ1) is 10.6. The molecule has 3 amide bonds. The van der Waals surface area contributed by atoms with Gasteiger partial charge in [0.05, 0.1) is 16.8 Å². The van der Waals surface area contributed by atoms with Crippen LogP contribution in [0.2, 0.25) is 0 Å². The second kappa shape index (κ2) is 5.25. The highest BCUT2D eigenvalue weighted by atomic mass is 16.2. The van der Waals surface area contributed by atoms with Crippen LogP contribution in [0.5, 0.6) is 0 Å². The third-order valence-electron chi connectivity index (χ3n) is 3.25. The molecule has 22 heavy (non-hydrogen) atoms. The molecule has 0 saturated carbocycles. The Morgan fingerprint density at radius 2 is 1.59 bits per heavy atom. The zero-order chi connectivity index (χ0) is 15.7. The number of carbonyl (C=O) groups excluding carboxylic acids is 4. The van der Waals surface area contributed by atoms with Gasteiger partial charge in [-0.05, 0) is 24.3 Å². The minimum absolute atomic E-state index is 0.0652. The first kappa shape index (κ1) is 13.7. The molecule has 0 unspecified atom stereocenters. The van der Waals surface area contributed by atoms with Crippen LogP contribution >= 0.6 is 0 Å². The maximum absolute atomic E-state index is 12.2. The first-order valence-corrected chi connectivity index (χ1v) is 6.47. The molecule has 2 aromatic carbocycles. The Morgan fingerprint density at radius 3 is 2.32 bits per heavy atom. The number of hydrogen-bond acceptors (Lipinski definition) is 4. The Labute approximate surface area is 125 Å². The van der Waals surface area contributed by atoms with Crippen LogP contribution in [0.15, 0.2) is 48.5 Å². The van der Waals surface area contributed by atoms with Gasteiger partial charge in [-0.3, -0.25) is 24.5 Å². The molecule has 0 bridgehead atoms. The zero-order valence-corrected chi connectivity index (χ0v) is 11.3. The largest absolute Gasteiger partial charge is 0.321 e. The minimum Gasteiger partial charge on any atom is -0.321 e. The predicted molar refractivity (Wildman–Crippen MR) is 77.6 cm³/mol. The molecule has 0 spiro atoms. The fourth-order valence-corrected chi connectivity index (χ4v) is 2.22. The molecule has 6 nitrogen and oxygen atoms in total. The standard InChI is InChI=1S/C16H10N2O4/c19-13-12-10(15(21)18-16(13)22)7-4-8-11(12)17-14(20)9-5-2-1-3-6-9/h1-8H,(H,17,20)(H,18,21,22). The Kier molecular flexibility index (Phi) is 3.27. The number of nitrogens with one attached hydrogen (secondary N) is 2. The van der Waals surface area contributed by atoms with Gasteiger partial charge in [-0.25, -0.2) is 0 Å². The molecule has 2 N–H and O–H groups in total. The molecular weight excluding hydrogens is 284 g/mol. The van der Waals surface area contributed by atoms with Crippen LogP contribution in [0.3, 0.4) is 0 Å². The van der Waals surface area contributed by atoms with Gasteiger partial charge in [-0.15, -0.1) is 0 Å². The van der Waals surface area contributed by atoms with Crippen molar-refractivity contribution in [3.05, 3.63) is 65.2 Å². The summed E-state index contributed by atoms with van der Waals surface area (Å²) in [6, 6.07) is 12.8. The molecule has 0 aromatic heterocycles. The predicted octanol–water partition coefficient (Wildman–Crippen LogP) is 1.39. The number of ketones is 1. The van der Waals surface area contributed by atoms with Crippen molar-refractivity contribution in [3.63, 3.8) is 0 Å². The van der Waals surface area contributed by atoms with E-state index in [-0.39, 0.29) is 16.8 Å². The van der Waals surface area contributed by atoms with Crippen molar-refractivity contribution in [2.75, 3.05) is 5.32 Å². The second-order valence-electron chi connectivity index (χ2n) is 4.66. The average Bonchev–Trinajstić information content (AvgIpc) is 2.53. The molecule has 1 aliphatic heterocycles. The fraction of sp³-hybridized carbons (Fsp3) is 0. The van der Waals surface area contributed by atoms with Crippen LogP contribution < -0.4 is 10.6 Å². The van der Waals surface area contributed by atoms with E-state index in [9.17, 15) is 19.2 Å². The summed E-state index contributed by atoms with van der Waals surface area (Å²) in [4.78, 5) is 47.4. The maximum atomic E-state index is 12.2. The number of carbonyl (C=O) groups is 4. The highest BCUT2D eigenvalue weighted by molar-refractivity contribution is 6.50. The average molecular weight is 294 g/mol. The Balaban J connectivity index is 2.01. The quantitative estimate of drug-likeness (QED) is 0.646. The Hall–Kier alpha value is -3.28. The van der Waals surface area contributed by atoms with Gasteiger partial charge in [0.2, 0.25) is 0 Å². The molecule has 0 radical (unpaired) electrons. The van der Waals surface area contributed by atoms with Crippen LogP contribution in [-0.4, -0.2) is 23.5 Å². The number of rotatable bonds is 2. The van der Waals surface area contributed by atoms with E-state index in [4.69, 9.17) is 0 Å². The van der Waals surface area contributed by atoms with Crippen molar-refractivity contribution in [3.8, 4) is 0 Å². The summed E-state index contributed by atoms with van der Waals surface area (Å²) in [6.07, 6.45) is 0. The summed E-state index contributed by atoms with van der Waals surface area (Å²) < 4.78 is 0. The number of Topliss-reactive ketones (excluding diaryl/α,β-unsaturated/α-hetero) is 1. The van der Waals surface area contributed by atoms with E-state index in [0.717, 1.165) is 0 Å². The Bertz CT molecular complexity index is 812. The van der Waals surface area contributed by atoms with Crippen LogP contribution in [0.4, 0.5) is 5.69 Å². The van der Waals surface area contributed by atoms with Gasteiger partial charge in [-0.1, -0.05) is 24.3 Å². The van der Waals surface area contributed by atoms with Gasteiger partial charge in [0.15, 0.2) is 0 Å². The van der Waals surface area contributed by atoms with Gasteiger partial charge < -0.3 is 5.32 Å². The molecule has 2 aromatic rings. The summed E-state index contributed by atoms with van der Waals surface area (Å²) in [7, 11) is 0. The minimum atomic E-state index is -1.00. The van der Waals surface area contributed by atoms with Crippen molar-refractivity contribution in [2.24, 2.45) is 0 Å². The van der Waals surface area contributed by atoms with Crippen LogP contribution in [-0.2, 0) is 4.79 Å². The SMILES string of the molecule is O=C1NC(=O)c2cccc(NC(=O)c3ccccc3)c2C1=O. The zero-order valence-electron chi connectivity index (χ0n) is 11.3. The molecule has 0 fully saturated rings. The summed E-state index contributed by atoms with van der Waals surface area (Å²) >= 11 is 0. The lowest BCUT2D eigenvalue weighted by Gasteiger charge is -2.17. The summed E-state index contributed by atoms with van der Waals surface area (Å²) in [5, 5.41) is 4.52. The monoisotopic (exact) mass is 294 g/mol. The summed E-state index contributed by atoms with van der Waals surface area (Å²) in [5.74, 6) is -2.94. The van der Waals surface area contributed by atoms with E-state index >= 15 is 0 Å². The lowest BCUT2D eigenvalue weighted by molar-refractivity contribution is -0.116. The third-order valence-corrected chi connectivity index (χ3v) is 3.25. The summed E-state index contributed by atoms with van der Waals surface area (Å²) in [6.45, 7) is 0. The molecule has 108 valence electrons. The summed E-state index contributed by atoms with van der Waals surface area (Å²) in [5.41, 5.74) is 0.523. The number of anilines is 1. The highest BCUT2D eigenvalue weighted by Gasteiger charge is 2.32. The topological polar surface area (TPSA) is 92.3 Å². The highest BCUT2D eigenvalue weighted by Crippen LogP contribution is 2.24. The lowest BCUT2D eigenvalue weighted by Crippen LogP contribution is -2.42. The second-order valence-corrected chi connectivity index (χ2v) is 4.66. The Morgan fingerprint density at radius 1 is 0.864 bits per heavy atom. The number of hydrogen-bond donors (Lipinski definition) is 2. The normalized spacial score (nSPS) is 13.4. The van der Waals surface area contributed by atoms with E-state index in [0.29, 0.717) is 5.56 Å². The fourth-order valence-electron chi connectivity index (χ4n) is 2.22.